The van der Waals surface area contributed by atoms with Crippen LogP contribution in [0.3, 0.4) is 0 Å². The van der Waals surface area contributed by atoms with E-state index < -0.39 is 0 Å². The molecule has 1 amide bonds. The van der Waals surface area contributed by atoms with Gasteiger partial charge in [0.05, 0.1) is 5.39 Å². The van der Waals surface area contributed by atoms with Crippen molar-refractivity contribution in [1.29, 1.82) is 0 Å². The number of alkyl halides is 1. The molecule has 3 heterocycles. The molecule has 0 spiro atoms. The number of hydrogen-bond acceptors (Lipinski definition) is 5. The lowest BCUT2D eigenvalue weighted by Crippen LogP contribution is -2.49. The van der Waals surface area contributed by atoms with Crippen molar-refractivity contribution < 1.29 is 4.79 Å². The molecule has 1 atom stereocenters. The summed E-state index contributed by atoms with van der Waals surface area (Å²) in [6.07, 6.45) is 3.95. The van der Waals surface area contributed by atoms with E-state index in [0.717, 1.165) is 61.4 Å². The Labute approximate surface area is 176 Å². The van der Waals surface area contributed by atoms with Gasteiger partial charge in [0.2, 0.25) is 5.91 Å². The molecular formula is C21H29ClN4OS. The second kappa shape index (κ2) is 8.15. The van der Waals surface area contributed by atoms with Gasteiger partial charge in [-0.15, -0.1) is 22.9 Å². The van der Waals surface area contributed by atoms with E-state index in [9.17, 15) is 4.79 Å². The van der Waals surface area contributed by atoms with E-state index in [1.54, 1.807) is 0 Å². The van der Waals surface area contributed by atoms with Gasteiger partial charge in [-0.25, -0.2) is 9.97 Å². The highest BCUT2D eigenvalue weighted by Crippen LogP contribution is 2.41. The van der Waals surface area contributed by atoms with E-state index in [4.69, 9.17) is 21.6 Å². The van der Waals surface area contributed by atoms with Gasteiger partial charge in [0.1, 0.15) is 16.5 Å². The molecule has 0 saturated carbocycles. The molecule has 1 fully saturated rings. The quantitative estimate of drug-likeness (QED) is 0.695. The molecular weight excluding hydrogens is 392 g/mol. The number of carbonyl (C=O) groups excluding carboxylic acids is 1. The molecule has 28 heavy (non-hydrogen) atoms. The molecule has 1 aliphatic carbocycles. The second-order valence-corrected chi connectivity index (χ2v) is 9.86. The van der Waals surface area contributed by atoms with Crippen LogP contribution in [0, 0.1) is 5.92 Å². The first kappa shape index (κ1) is 19.9. The van der Waals surface area contributed by atoms with Crippen molar-refractivity contribution in [2.75, 3.05) is 37.0 Å². The minimum atomic E-state index is 0.159. The first-order valence-corrected chi connectivity index (χ1v) is 11.7. The summed E-state index contributed by atoms with van der Waals surface area (Å²) in [5.74, 6) is 3.61. The summed E-state index contributed by atoms with van der Waals surface area (Å²) < 4.78 is 0. The fourth-order valence-electron chi connectivity index (χ4n) is 4.23. The van der Waals surface area contributed by atoms with Crippen LogP contribution in [0.5, 0.6) is 0 Å². The van der Waals surface area contributed by atoms with Crippen LogP contribution in [-0.4, -0.2) is 52.8 Å². The smallest absolute Gasteiger partial charge is 0.223 e. The van der Waals surface area contributed by atoms with E-state index >= 15 is 0 Å². The van der Waals surface area contributed by atoms with Crippen LogP contribution >= 0.6 is 22.9 Å². The molecule has 7 heteroatoms. The number of carbonyl (C=O) groups is 1. The van der Waals surface area contributed by atoms with Gasteiger partial charge < -0.3 is 9.80 Å². The number of nitrogens with zero attached hydrogens (tertiary/aromatic N) is 4. The average molecular weight is 421 g/mol. The highest BCUT2D eigenvalue weighted by atomic mass is 35.5. The number of amides is 1. The SMILES string of the molecule is CC1CCc2c(sc3nc(C(C)C)nc(N4CCN(C(=O)CCCl)CC4)c23)C1. The van der Waals surface area contributed by atoms with Crippen LogP contribution in [0.4, 0.5) is 5.82 Å². The third-order valence-corrected chi connectivity index (χ3v) is 7.25. The van der Waals surface area contributed by atoms with Gasteiger partial charge in [-0.3, -0.25) is 4.79 Å². The first-order valence-electron chi connectivity index (χ1n) is 10.4. The van der Waals surface area contributed by atoms with E-state index in [1.807, 2.05) is 16.2 Å². The number of thiophene rings is 1. The number of rotatable bonds is 4. The Morgan fingerprint density at radius 1 is 1.25 bits per heavy atom. The van der Waals surface area contributed by atoms with Gasteiger partial charge in [0.15, 0.2) is 0 Å². The standard InChI is InChI=1S/C21H29ClN4OS/c1-13(2)19-23-20(26-10-8-25(9-11-26)17(27)6-7-22)18-15-5-4-14(3)12-16(15)28-21(18)24-19/h13-14H,4-12H2,1-3H3. The van der Waals surface area contributed by atoms with Crippen molar-refractivity contribution in [3.8, 4) is 0 Å². The zero-order valence-corrected chi connectivity index (χ0v) is 18.6. The lowest BCUT2D eigenvalue weighted by molar-refractivity contribution is -0.131. The highest BCUT2D eigenvalue weighted by molar-refractivity contribution is 7.19. The largest absolute Gasteiger partial charge is 0.352 e. The number of fused-ring (bicyclic) bond motifs is 3. The molecule has 2 aliphatic rings. The summed E-state index contributed by atoms with van der Waals surface area (Å²) in [4.78, 5) is 29.1. The fourth-order valence-corrected chi connectivity index (χ4v) is 5.78. The minimum Gasteiger partial charge on any atom is -0.352 e. The Hall–Kier alpha value is -1.40. The van der Waals surface area contributed by atoms with Crippen LogP contribution in [-0.2, 0) is 17.6 Å². The van der Waals surface area contributed by atoms with Gasteiger partial charge in [-0.2, -0.15) is 0 Å². The summed E-state index contributed by atoms with van der Waals surface area (Å²) in [5, 5.41) is 1.27. The second-order valence-electron chi connectivity index (χ2n) is 8.40. The van der Waals surface area contributed by atoms with Crippen LogP contribution in [0.15, 0.2) is 0 Å². The molecule has 5 nitrogen and oxygen atoms in total. The third kappa shape index (κ3) is 3.73. The maximum atomic E-state index is 12.2. The summed E-state index contributed by atoms with van der Waals surface area (Å²) >= 11 is 7.61. The Kier molecular flexibility index (Phi) is 5.79. The van der Waals surface area contributed by atoms with Crippen molar-refractivity contribution >= 4 is 44.9 Å². The molecule has 2 aromatic rings. The van der Waals surface area contributed by atoms with Gasteiger partial charge in [-0.1, -0.05) is 20.8 Å². The van der Waals surface area contributed by atoms with E-state index in [0.29, 0.717) is 18.2 Å². The molecule has 1 unspecified atom stereocenters. The zero-order chi connectivity index (χ0) is 19.8. The van der Waals surface area contributed by atoms with Crippen molar-refractivity contribution in [3.63, 3.8) is 0 Å². The van der Waals surface area contributed by atoms with Crippen LogP contribution < -0.4 is 4.90 Å². The van der Waals surface area contributed by atoms with Crippen LogP contribution in [0.25, 0.3) is 10.2 Å². The number of aromatic nitrogens is 2. The summed E-state index contributed by atoms with van der Waals surface area (Å²) in [6, 6.07) is 0. The predicted octanol–water partition coefficient (Wildman–Crippen LogP) is 4.22. The van der Waals surface area contributed by atoms with E-state index in [1.165, 1.54) is 22.2 Å². The molecule has 0 N–H and O–H groups in total. The van der Waals surface area contributed by atoms with E-state index in [-0.39, 0.29) is 5.91 Å². The van der Waals surface area contributed by atoms with E-state index in [2.05, 4.69) is 25.7 Å². The topological polar surface area (TPSA) is 49.3 Å². The van der Waals surface area contributed by atoms with Crippen molar-refractivity contribution in [2.45, 2.75) is 52.4 Å². The normalized spacial score (nSPS) is 20.1. The molecule has 0 aromatic carbocycles. The molecule has 1 aliphatic heterocycles. The number of anilines is 1. The van der Waals surface area contributed by atoms with Gasteiger partial charge >= 0.3 is 0 Å². The summed E-state index contributed by atoms with van der Waals surface area (Å²) in [7, 11) is 0. The monoisotopic (exact) mass is 420 g/mol. The number of hydrogen-bond donors (Lipinski definition) is 0. The van der Waals surface area contributed by atoms with Crippen molar-refractivity contribution in [1.82, 2.24) is 14.9 Å². The molecule has 152 valence electrons. The summed E-state index contributed by atoms with van der Waals surface area (Å²) in [5.41, 5.74) is 1.48. The molecule has 4 rings (SSSR count). The Morgan fingerprint density at radius 2 is 2.00 bits per heavy atom. The number of piperazine rings is 1. The Bertz CT molecular complexity index is 873. The molecule has 0 bridgehead atoms. The number of aryl methyl sites for hydroxylation is 1. The summed E-state index contributed by atoms with van der Waals surface area (Å²) in [6.45, 7) is 9.77. The minimum absolute atomic E-state index is 0.159. The Balaban J connectivity index is 1.69. The molecule has 2 aromatic heterocycles. The van der Waals surface area contributed by atoms with Gasteiger partial charge in [0.25, 0.3) is 0 Å². The lowest BCUT2D eigenvalue weighted by atomic mass is 9.89. The maximum Gasteiger partial charge on any atom is 0.223 e. The van der Waals surface area contributed by atoms with Gasteiger partial charge in [0, 0.05) is 49.3 Å². The van der Waals surface area contributed by atoms with Crippen LogP contribution in [0.1, 0.15) is 55.8 Å². The zero-order valence-electron chi connectivity index (χ0n) is 17.0. The van der Waals surface area contributed by atoms with Gasteiger partial charge in [-0.05, 0) is 30.7 Å². The number of halogens is 1. The highest BCUT2D eigenvalue weighted by Gasteiger charge is 2.28. The Morgan fingerprint density at radius 3 is 2.68 bits per heavy atom. The van der Waals surface area contributed by atoms with Crippen LogP contribution in [0.2, 0.25) is 0 Å². The maximum absolute atomic E-state index is 12.2. The first-order chi connectivity index (χ1) is 13.5. The lowest BCUT2D eigenvalue weighted by Gasteiger charge is -2.36. The predicted molar refractivity (Wildman–Crippen MR) is 117 cm³/mol. The average Bonchev–Trinajstić information content (AvgIpc) is 3.04. The molecule has 1 saturated heterocycles. The van der Waals surface area contributed by atoms with Crippen molar-refractivity contribution in [2.24, 2.45) is 5.92 Å². The third-order valence-electron chi connectivity index (χ3n) is 5.91. The molecule has 0 radical (unpaired) electrons. The van der Waals surface area contributed by atoms with Crippen molar-refractivity contribution in [3.05, 3.63) is 16.3 Å². The fraction of sp³-hybridized carbons (Fsp3) is 0.667.